The van der Waals surface area contributed by atoms with Crippen LogP contribution in [0.25, 0.3) is 22.3 Å². The number of ether oxygens (including phenoxy) is 3. The number of amides is 4. The summed E-state index contributed by atoms with van der Waals surface area (Å²) in [5.74, 6) is -1.26. The monoisotopic (exact) mass is 791 g/mol. The molecule has 3 heterocycles. The van der Waals surface area contributed by atoms with Gasteiger partial charge in [-0.3, -0.25) is 9.59 Å². The molecule has 2 fully saturated rings. The molecule has 56 heavy (non-hydrogen) atoms. The van der Waals surface area contributed by atoms with Crippen molar-refractivity contribution in [1.82, 2.24) is 30.8 Å². The van der Waals surface area contributed by atoms with E-state index >= 15 is 0 Å². The molecule has 1 aliphatic heterocycles. The van der Waals surface area contributed by atoms with Crippen molar-refractivity contribution in [1.29, 1.82) is 0 Å². The quantitative estimate of drug-likeness (QED) is 0.0830. The minimum Gasteiger partial charge on any atom is -0.497 e. The third kappa shape index (κ3) is 9.01. The number of thiazole rings is 1. The van der Waals surface area contributed by atoms with Gasteiger partial charge in [0.25, 0.3) is 0 Å². The summed E-state index contributed by atoms with van der Waals surface area (Å²) in [6, 6.07) is 4.23. The third-order valence-corrected chi connectivity index (χ3v) is 11.1. The number of urea groups is 1. The number of rotatable bonds is 13. The number of esters is 1. The van der Waals surface area contributed by atoms with Crippen molar-refractivity contribution in [3.8, 4) is 22.9 Å². The van der Waals surface area contributed by atoms with Gasteiger partial charge in [-0.25, -0.2) is 19.6 Å². The van der Waals surface area contributed by atoms with Gasteiger partial charge in [0.15, 0.2) is 11.0 Å². The van der Waals surface area contributed by atoms with E-state index in [1.807, 2.05) is 54.5 Å². The summed E-state index contributed by atoms with van der Waals surface area (Å²) in [6.45, 7) is 20.7. The molecule has 1 saturated carbocycles. The van der Waals surface area contributed by atoms with Crippen LogP contribution in [0.3, 0.4) is 0 Å². The van der Waals surface area contributed by atoms with Gasteiger partial charge in [0.1, 0.15) is 40.9 Å². The Balaban J connectivity index is 1.51. The molecule has 5 rings (SSSR count). The minimum absolute atomic E-state index is 0.0139. The molecule has 3 aromatic rings. The van der Waals surface area contributed by atoms with Gasteiger partial charge in [0.05, 0.1) is 32.0 Å². The molecule has 1 aromatic carbocycles. The topological polar surface area (TPSA) is 193 Å². The first-order valence-electron chi connectivity index (χ1n) is 18.4. The molecular weight excluding hydrogens is 739 g/mol. The molecule has 0 radical (unpaired) electrons. The number of anilines is 1. The van der Waals surface area contributed by atoms with Crippen LogP contribution in [0, 0.1) is 16.7 Å². The number of benzene rings is 1. The number of hydrogen-bond donors (Lipinski definition) is 5. The highest BCUT2D eigenvalue weighted by molar-refractivity contribution is 7.14. The summed E-state index contributed by atoms with van der Waals surface area (Å²) in [5.41, 5.74) is -0.798. The van der Waals surface area contributed by atoms with Crippen molar-refractivity contribution in [2.45, 2.75) is 91.1 Å². The van der Waals surface area contributed by atoms with Crippen LogP contribution in [0.5, 0.6) is 11.5 Å². The van der Waals surface area contributed by atoms with E-state index in [4.69, 9.17) is 19.2 Å². The van der Waals surface area contributed by atoms with Crippen LogP contribution < -0.4 is 30.7 Å². The number of likely N-dealkylation sites (tertiary alicyclic amines) is 1. The maximum absolute atomic E-state index is 14.7. The minimum atomic E-state index is -1.30. The Labute approximate surface area is 331 Å². The van der Waals surface area contributed by atoms with Crippen molar-refractivity contribution >= 4 is 51.2 Å². The number of nitrogens with zero attached hydrogens (tertiary/aromatic N) is 3. The normalized spacial score (nSPS) is 21.7. The van der Waals surface area contributed by atoms with Crippen molar-refractivity contribution in [2.24, 2.45) is 16.7 Å². The number of nitrogens with one attached hydrogen (secondary N) is 4. The summed E-state index contributed by atoms with van der Waals surface area (Å²) in [5, 5.41) is 23.9. The lowest BCUT2D eigenvalue weighted by Gasteiger charge is -2.36. The number of carbonyl (C=O) groups excluding carboxylic acids is 4. The van der Waals surface area contributed by atoms with E-state index in [-0.39, 0.29) is 36.2 Å². The van der Waals surface area contributed by atoms with Crippen molar-refractivity contribution in [3.05, 3.63) is 54.8 Å². The number of aromatic nitrogens is 2. The number of methoxy groups -OCH3 is 2. The highest BCUT2D eigenvalue weighted by Crippen LogP contribution is 2.46. The average Bonchev–Trinajstić information content (AvgIpc) is 3.40. The largest absolute Gasteiger partial charge is 0.497 e. The summed E-state index contributed by atoms with van der Waals surface area (Å²) in [4.78, 5) is 66.0. The van der Waals surface area contributed by atoms with Crippen LogP contribution in [0.1, 0.15) is 61.3 Å². The Morgan fingerprint density at radius 3 is 2.36 bits per heavy atom. The fourth-order valence-corrected chi connectivity index (χ4v) is 7.27. The van der Waals surface area contributed by atoms with E-state index in [0.717, 1.165) is 0 Å². The summed E-state index contributed by atoms with van der Waals surface area (Å²) in [6.07, 6.45) is 1.26. The standard InChI is InChI=1S/C40H53N7O8S/c1-12-23-18-40(23,35(51)54-11)46-33(49)30-16-25(19-47(30)34(50)32(39(7,8)9)45-36(52)41-21(2)38(4,5)6)55-31-17-28(29-20-56-37(44-29)42-22(3)48)43-27-15-24(53-10)13-14-26(27)31/h12-15,17,20-21,23,25,30,32,48H,1,3,16,18-19H2,2,4-11H3,(H,42,44)(H,46,49)(H2,41,45,52)/t21?,23-,25?,30?,32+,40?/m0/s1. The second-order valence-electron chi connectivity index (χ2n) is 16.5. The second kappa shape index (κ2) is 16.0. The van der Waals surface area contributed by atoms with Crippen LogP contribution in [0.15, 0.2) is 54.8 Å². The molecule has 5 N–H and O–H groups in total. The van der Waals surface area contributed by atoms with Crippen LogP contribution in [0.4, 0.5) is 9.93 Å². The lowest BCUT2D eigenvalue weighted by Crippen LogP contribution is -2.61. The van der Waals surface area contributed by atoms with Crippen LogP contribution in [-0.4, -0.2) is 94.3 Å². The highest BCUT2D eigenvalue weighted by Gasteiger charge is 2.62. The van der Waals surface area contributed by atoms with E-state index in [9.17, 15) is 24.3 Å². The van der Waals surface area contributed by atoms with Gasteiger partial charge < -0.3 is 45.5 Å². The Hall–Kier alpha value is -5.38. The molecule has 2 aliphatic rings. The van der Waals surface area contributed by atoms with Gasteiger partial charge in [-0.1, -0.05) is 47.6 Å². The third-order valence-electron chi connectivity index (χ3n) is 10.4. The molecular formula is C40H53N7O8S. The molecule has 4 amide bonds. The fraction of sp³-hybridized carbons (Fsp3) is 0.500. The van der Waals surface area contributed by atoms with Gasteiger partial charge in [-0.15, -0.1) is 17.9 Å². The molecule has 15 nitrogen and oxygen atoms in total. The van der Waals surface area contributed by atoms with Crippen LogP contribution in [-0.2, 0) is 19.1 Å². The number of hydrogen-bond acceptors (Lipinski definition) is 12. The van der Waals surface area contributed by atoms with Gasteiger partial charge in [0, 0.05) is 41.3 Å². The summed E-state index contributed by atoms with van der Waals surface area (Å²) in [7, 11) is 2.81. The smallest absolute Gasteiger partial charge is 0.332 e. The molecule has 2 aromatic heterocycles. The predicted molar refractivity (Wildman–Crippen MR) is 214 cm³/mol. The molecule has 0 spiro atoms. The second-order valence-corrected chi connectivity index (χ2v) is 17.3. The Bertz CT molecular complexity index is 2020. The molecule has 16 heteroatoms. The number of aliphatic hydroxyl groups excluding tert-OH is 1. The van der Waals surface area contributed by atoms with Crippen LogP contribution in [0.2, 0.25) is 0 Å². The Morgan fingerprint density at radius 2 is 1.77 bits per heavy atom. The molecule has 4 unspecified atom stereocenters. The van der Waals surface area contributed by atoms with Crippen molar-refractivity contribution in [3.63, 3.8) is 0 Å². The first-order valence-corrected chi connectivity index (χ1v) is 19.3. The predicted octanol–water partition coefficient (Wildman–Crippen LogP) is 5.54. The Morgan fingerprint density at radius 1 is 1.05 bits per heavy atom. The molecule has 6 atom stereocenters. The van der Waals surface area contributed by atoms with Crippen molar-refractivity contribution in [2.75, 3.05) is 26.1 Å². The summed E-state index contributed by atoms with van der Waals surface area (Å²) >= 11 is 1.25. The maximum Gasteiger partial charge on any atom is 0.332 e. The number of aliphatic hydroxyl groups is 1. The van der Waals surface area contributed by atoms with Gasteiger partial charge in [-0.2, -0.15) is 0 Å². The van der Waals surface area contributed by atoms with E-state index in [1.54, 1.807) is 36.8 Å². The lowest BCUT2D eigenvalue weighted by atomic mass is 9.85. The average molecular weight is 792 g/mol. The molecule has 302 valence electrons. The Kier molecular flexibility index (Phi) is 11.9. The van der Waals surface area contributed by atoms with Gasteiger partial charge >= 0.3 is 12.0 Å². The number of carbonyl (C=O) groups is 4. The van der Waals surface area contributed by atoms with Gasteiger partial charge in [-0.05, 0) is 42.9 Å². The highest BCUT2D eigenvalue weighted by atomic mass is 32.1. The summed E-state index contributed by atoms with van der Waals surface area (Å²) < 4.78 is 17.2. The number of fused-ring (bicyclic) bond motifs is 1. The molecule has 1 saturated heterocycles. The first kappa shape index (κ1) is 41.8. The fourth-order valence-electron chi connectivity index (χ4n) is 6.55. The van der Waals surface area contributed by atoms with E-state index in [1.165, 1.54) is 23.3 Å². The zero-order chi connectivity index (χ0) is 41.3. The number of pyridine rings is 1. The maximum atomic E-state index is 14.7. The SMILES string of the molecule is C=C[C@H]1CC1(NC(=O)C1CC(Oc2cc(-c3csc(NC(=C)O)n3)nc3cc(OC)ccc23)CN1C(=O)[C@@H](NC(=O)NC(C)C(C)(C)C)C(C)(C)C)C(=O)OC. The van der Waals surface area contributed by atoms with Crippen LogP contribution >= 0.6 is 11.3 Å². The van der Waals surface area contributed by atoms with E-state index in [0.29, 0.717) is 45.3 Å². The zero-order valence-corrected chi connectivity index (χ0v) is 34.3. The molecule has 1 aliphatic carbocycles. The first-order chi connectivity index (χ1) is 26.2. The van der Waals surface area contributed by atoms with E-state index in [2.05, 4.69) is 39.4 Å². The lowest BCUT2D eigenvalue weighted by molar-refractivity contribution is -0.148. The van der Waals surface area contributed by atoms with E-state index < -0.39 is 53.0 Å². The zero-order valence-electron chi connectivity index (χ0n) is 33.4. The molecule has 0 bridgehead atoms. The van der Waals surface area contributed by atoms with Crippen molar-refractivity contribution < 1.29 is 38.5 Å². The van der Waals surface area contributed by atoms with Gasteiger partial charge in [0.2, 0.25) is 11.8 Å².